The van der Waals surface area contributed by atoms with Crippen molar-refractivity contribution >= 4 is 16.1 Å². The lowest BCUT2D eigenvalue weighted by Gasteiger charge is -1.87. The summed E-state index contributed by atoms with van der Waals surface area (Å²) < 4.78 is 0. The van der Waals surface area contributed by atoms with Crippen molar-refractivity contribution in [3.63, 3.8) is 0 Å². The minimum absolute atomic E-state index is 0.847. The smallest absolute Gasteiger partial charge is 0.147 e. The molecule has 30 valence electrons. The summed E-state index contributed by atoms with van der Waals surface area (Å²) in [5.41, 5.74) is 0. The fourth-order valence-corrected chi connectivity index (χ4v) is 0. The van der Waals surface area contributed by atoms with Gasteiger partial charge in [0.2, 0.25) is 0 Å². The first kappa shape index (κ1) is 5.49. The average molecular weight is 87.9 g/mol. The zero-order chi connectivity index (χ0) is 4.28. The summed E-state index contributed by atoms with van der Waals surface area (Å²) in [7, 11) is 2.69. The van der Waals surface area contributed by atoms with Gasteiger partial charge in [0, 0.05) is 0 Å². The first-order valence-electron chi connectivity index (χ1n) is 1.97. The fraction of sp³-hybridized carbons (Fsp3) is 1.00. The molecule has 0 aromatic carbocycles. The topological polar surface area (TPSA) is 0 Å². The summed E-state index contributed by atoms with van der Waals surface area (Å²) in [6.07, 6.45) is 0. The molecule has 0 aliphatic heterocycles. The molecule has 1 unspecified atom stereocenters. The minimum Gasteiger partial charge on any atom is -0.174 e. The highest BCUT2D eigenvalue weighted by Gasteiger charge is 1.83. The minimum atomic E-state index is 0.847. The van der Waals surface area contributed by atoms with Gasteiger partial charge in [-0.3, -0.25) is 0 Å². The van der Waals surface area contributed by atoms with Gasteiger partial charge in [0.15, 0.2) is 0 Å². The molecule has 0 saturated heterocycles. The van der Waals surface area contributed by atoms with E-state index in [-0.39, 0.29) is 0 Å². The Kier molecular flexibility index (Phi) is 2.99. The molecule has 0 nitrogen and oxygen atoms in total. The second kappa shape index (κ2) is 2.72. The van der Waals surface area contributed by atoms with Crippen LogP contribution in [0, 0.1) is 0 Å². The molecule has 0 amide bonds. The second-order valence-electron chi connectivity index (χ2n) is 1.63. The zero-order valence-corrected chi connectivity index (χ0v) is 5.02. The third-order valence-electron chi connectivity index (χ3n) is 0.471. The van der Waals surface area contributed by atoms with E-state index >= 15 is 0 Å². The van der Waals surface area contributed by atoms with E-state index in [0.29, 0.717) is 0 Å². The molecule has 0 radical (unpaired) electrons. The Labute approximate surface area is 36.7 Å². The SMILES string of the molecule is CC(C)BP. The Bertz CT molecular complexity index is 20.9. The highest BCUT2D eigenvalue weighted by molar-refractivity contribution is 7.55. The van der Waals surface area contributed by atoms with E-state index in [2.05, 4.69) is 23.0 Å². The van der Waals surface area contributed by atoms with Crippen LogP contribution in [-0.2, 0) is 0 Å². The van der Waals surface area contributed by atoms with E-state index in [1.54, 1.807) is 0 Å². The van der Waals surface area contributed by atoms with Crippen LogP contribution in [0.2, 0.25) is 5.82 Å². The predicted molar refractivity (Wildman–Crippen MR) is 32.0 cm³/mol. The highest BCUT2D eigenvalue weighted by atomic mass is 31.0. The molecule has 0 aliphatic carbocycles. The van der Waals surface area contributed by atoms with Crippen LogP contribution in [0.5, 0.6) is 0 Å². The second-order valence-corrected chi connectivity index (χ2v) is 2.10. The van der Waals surface area contributed by atoms with Crippen molar-refractivity contribution in [3.8, 4) is 0 Å². The molecule has 0 spiro atoms. The Balaban J connectivity index is 2.54. The summed E-state index contributed by atoms with van der Waals surface area (Å²) in [5.74, 6) is 0.847. The van der Waals surface area contributed by atoms with Crippen LogP contribution in [-0.4, -0.2) is 7.00 Å². The lowest BCUT2D eigenvalue weighted by molar-refractivity contribution is 1.07. The van der Waals surface area contributed by atoms with Gasteiger partial charge in [-0.2, -0.15) is 9.12 Å². The van der Waals surface area contributed by atoms with Gasteiger partial charge in [-0.25, -0.2) is 0 Å². The van der Waals surface area contributed by atoms with Gasteiger partial charge in [-0.15, -0.1) is 0 Å². The van der Waals surface area contributed by atoms with Crippen molar-refractivity contribution in [2.45, 2.75) is 19.7 Å². The van der Waals surface area contributed by atoms with Gasteiger partial charge in [0.25, 0.3) is 0 Å². The first-order valence-corrected chi connectivity index (χ1v) is 2.79. The maximum atomic E-state index is 2.69. The molecule has 0 aromatic rings. The van der Waals surface area contributed by atoms with E-state index < -0.39 is 0 Å². The first-order chi connectivity index (χ1) is 2.27. The van der Waals surface area contributed by atoms with Crippen LogP contribution in [0.3, 0.4) is 0 Å². The van der Waals surface area contributed by atoms with E-state index in [9.17, 15) is 0 Å². The van der Waals surface area contributed by atoms with Gasteiger partial charge in [-0.05, 0) is 0 Å². The van der Waals surface area contributed by atoms with Gasteiger partial charge < -0.3 is 0 Å². The number of rotatable bonds is 1. The van der Waals surface area contributed by atoms with Gasteiger partial charge >= 0.3 is 0 Å². The molecule has 0 rings (SSSR count). The maximum Gasteiger partial charge on any atom is 0.147 e. The maximum absolute atomic E-state index is 2.69. The third kappa shape index (κ3) is 4.49. The molecular weight excluding hydrogens is 77.8 g/mol. The van der Waals surface area contributed by atoms with E-state index in [0.717, 1.165) is 5.82 Å². The Morgan fingerprint density at radius 1 is 1.60 bits per heavy atom. The van der Waals surface area contributed by atoms with Gasteiger partial charge in [-0.1, -0.05) is 19.7 Å². The van der Waals surface area contributed by atoms with Crippen LogP contribution >= 0.6 is 9.12 Å². The lowest BCUT2D eigenvalue weighted by Crippen LogP contribution is -1.79. The van der Waals surface area contributed by atoms with E-state index in [1.807, 2.05) is 0 Å². The summed E-state index contributed by atoms with van der Waals surface area (Å²) in [4.78, 5) is 0. The lowest BCUT2D eigenvalue weighted by atomic mass is 9.90. The molecular formula is C3H10BP. The highest BCUT2D eigenvalue weighted by Crippen LogP contribution is 1.98. The molecule has 0 aromatic heterocycles. The molecule has 0 heterocycles. The predicted octanol–water partition coefficient (Wildman–Crippen LogP) is 1.04. The van der Waals surface area contributed by atoms with Crippen LogP contribution < -0.4 is 0 Å². The quantitative estimate of drug-likeness (QED) is 0.331. The third-order valence-corrected chi connectivity index (χ3v) is 1.41. The van der Waals surface area contributed by atoms with Gasteiger partial charge in [0.05, 0.1) is 0 Å². The zero-order valence-electron chi connectivity index (χ0n) is 3.86. The van der Waals surface area contributed by atoms with Crippen LogP contribution in [0.15, 0.2) is 0 Å². The van der Waals surface area contributed by atoms with Gasteiger partial charge in [0.1, 0.15) is 7.00 Å². The van der Waals surface area contributed by atoms with Crippen molar-refractivity contribution in [1.29, 1.82) is 0 Å². The molecule has 2 heteroatoms. The van der Waals surface area contributed by atoms with Crippen molar-refractivity contribution in [1.82, 2.24) is 0 Å². The number of hydrogen-bond acceptors (Lipinski definition) is 0. The fourth-order valence-electron chi connectivity index (χ4n) is 0. The Morgan fingerprint density at radius 2 is 1.80 bits per heavy atom. The van der Waals surface area contributed by atoms with Crippen LogP contribution in [0.4, 0.5) is 0 Å². The number of hydrogen-bond donors (Lipinski definition) is 0. The molecule has 0 saturated carbocycles. The molecule has 0 bridgehead atoms. The standard InChI is InChI=1S/C3H10BP/c1-3(2)4-5/h3-4H,5H2,1-2H3. The monoisotopic (exact) mass is 88.1 g/mol. The summed E-state index contributed by atoms with van der Waals surface area (Å²) in [6, 6.07) is 0. The molecule has 0 aliphatic rings. The van der Waals surface area contributed by atoms with Crippen LogP contribution in [0.25, 0.3) is 0 Å². The van der Waals surface area contributed by atoms with Crippen molar-refractivity contribution < 1.29 is 0 Å². The van der Waals surface area contributed by atoms with E-state index in [1.165, 1.54) is 7.00 Å². The molecule has 0 fully saturated rings. The van der Waals surface area contributed by atoms with Crippen molar-refractivity contribution in [3.05, 3.63) is 0 Å². The Morgan fingerprint density at radius 3 is 1.80 bits per heavy atom. The largest absolute Gasteiger partial charge is 0.174 e. The summed E-state index contributed by atoms with van der Waals surface area (Å²) in [6.45, 7) is 5.62. The van der Waals surface area contributed by atoms with Crippen molar-refractivity contribution in [2.24, 2.45) is 0 Å². The molecule has 5 heavy (non-hydrogen) atoms. The normalized spacial score (nSPS) is 8.80. The Hall–Kier alpha value is 0.495. The van der Waals surface area contributed by atoms with Crippen molar-refractivity contribution in [2.75, 3.05) is 0 Å². The summed E-state index contributed by atoms with van der Waals surface area (Å²) >= 11 is 0. The van der Waals surface area contributed by atoms with E-state index in [4.69, 9.17) is 0 Å². The average Bonchev–Trinajstić information content (AvgIpc) is 1.38. The summed E-state index contributed by atoms with van der Waals surface area (Å²) in [5, 5.41) is 0. The van der Waals surface area contributed by atoms with Crippen LogP contribution in [0.1, 0.15) is 13.8 Å². The molecule has 0 N–H and O–H groups in total. The molecule has 1 atom stereocenters.